The van der Waals surface area contributed by atoms with Gasteiger partial charge in [0.2, 0.25) is 0 Å². The zero-order valence-electron chi connectivity index (χ0n) is 7.40. The van der Waals surface area contributed by atoms with Gasteiger partial charge >= 0.3 is 6.18 Å². The lowest BCUT2D eigenvalue weighted by atomic mass is 10.5. The summed E-state index contributed by atoms with van der Waals surface area (Å²) in [7, 11) is 1.78. The number of halogens is 4. The maximum atomic E-state index is 11.6. The zero-order valence-corrected chi connectivity index (χ0v) is 8.16. The predicted octanol–water partition coefficient (Wildman–Crippen LogP) is 1.74. The smallest absolute Gasteiger partial charge is 0.371 e. The summed E-state index contributed by atoms with van der Waals surface area (Å²) in [6.07, 6.45) is -4.23. The molecule has 0 N–H and O–H groups in total. The minimum absolute atomic E-state index is 0.0763. The monoisotopic (exact) mass is 219 g/mol. The van der Waals surface area contributed by atoms with Gasteiger partial charge in [-0.1, -0.05) is 0 Å². The van der Waals surface area contributed by atoms with Gasteiger partial charge in [0.05, 0.1) is 6.61 Å². The Kier molecular flexibility index (Phi) is 6.45. The summed E-state index contributed by atoms with van der Waals surface area (Å²) in [6.45, 7) is 0.00828. The van der Waals surface area contributed by atoms with Gasteiger partial charge in [0, 0.05) is 19.0 Å². The second-order valence-electron chi connectivity index (χ2n) is 2.66. The van der Waals surface area contributed by atoms with Crippen LogP contribution in [-0.4, -0.2) is 50.3 Å². The van der Waals surface area contributed by atoms with Gasteiger partial charge in [-0.25, -0.2) is 0 Å². The van der Waals surface area contributed by atoms with E-state index in [-0.39, 0.29) is 6.61 Å². The molecule has 80 valence electrons. The van der Waals surface area contributed by atoms with E-state index in [0.29, 0.717) is 19.0 Å². The van der Waals surface area contributed by atoms with Crippen LogP contribution in [0.25, 0.3) is 0 Å². The number of ether oxygens (including phenoxy) is 1. The van der Waals surface area contributed by atoms with Crippen molar-refractivity contribution in [3.8, 4) is 0 Å². The van der Waals surface area contributed by atoms with Crippen LogP contribution < -0.4 is 0 Å². The highest BCUT2D eigenvalue weighted by molar-refractivity contribution is 6.18. The molecule has 0 aliphatic heterocycles. The summed E-state index contributed by atoms with van der Waals surface area (Å²) < 4.78 is 39.1. The first-order chi connectivity index (χ1) is 5.95. The van der Waals surface area contributed by atoms with Gasteiger partial charge in [-0.05, 0) is 7.05 Å². The second-order valence-corrected chi connectivity index (χ2v) is 3.04. The van der Waals surface area contributed by atoms with Crippen molar-refractivity contribution in [1.29, 1.82) is 0 Å². The Hall–Kier alpha value is -0.0000000000000000555. The molecule has 0 bridgehead atoms. The molecule has 0 aromatic heterocycles. The van der Waals surface area contributed by atoms with Crippen molar-refractivity contribution in [3.05, 3.63) is 0 Å². The molecule has 0 radical (unpaired) electrons. The molecule has 0 rings (SSSR count). The maximum absolute atomic E-state index is 11.6. The maximum Gasteiger partial charge on any atom is 0.411 e. The number of nitrogens with zero attached hydrogens (tertiary/aromatic N) is 1. The van der Waals surface area contributed by atoms with Gasteiger partial charge in [0.15, 0.2) is 0 Å². The van der Waals surface area contributed by atoms with E-state index >= 15 is 0 Å². The van der Waals surface area contributed by atoms with E-state index in [0.717, 1.165) is 0 Å². The molecular formula is C7H13ClF3NO. The lowest BCUT2D eigenvalue weighted by Crippen LogP contribution is -2.27. The number of rotatable bonds is 6. The van der Waals surface area contributed by atoms with Crippen molar-refractivity contribution in [3.63, 3.8) is 0 Å². The highest BCUT2D eigenvalue weighted by atomic mass is 35.5. The third-order valence-corrected chi connectivity index (χ3v) is 1.52. The van der Waals surface area contributed by atoms with Crippen molar-refractivity contribution in [2.75, 3.05) is 39.2 Å². The fourth-order valence-corrected chi connectivity index (χ4v) is 0.953. The van der Waals surface area contributed by atoms with E-state index in [2.05, 4.69) is 4.74 Å². The van der Waals surface area contributed by atoms with Gasteiger partial charge in [-0.2, -0.15) is 13.2 Å². The first-order valence-corrected chi connectivity index (χ1v) is 4.38. The van der Waals surface area contributed by atoms with Crippen molar-refractivity contribution >= 4 is 11.6 Å². The number of alkyl halides is 4. The molecule has 0 aliphatic carbocycles. The van der Waals surface area contributed by atoms with Crippen LogP contribution in [0.1, 0.15) is 0 Å². The molecule has 0 aromatic rings. The molecule has 0 unspecified atom stereocenters. The van der Waals surface area contributed by atoms with E-state index in [1.54, 1.807) is 7.05 Å². The van der Waals surface area contributed by atoms with Crippen LogP contribution in [0.5, 0.6) is 0 Å². The molecular weight excluding hydrogens is 207 g/mol. The fourth-order valence-electron chi connectivity index (χ4n) is 0.664. The Morgan fingerprint density at radius 3 is 2.38 bits per heavy atom. The van der Waals surface area contributed by atoms with E-state index < -0.39 is 12.8 Å². The second kappa shape index (κ2) is 6.45. The lowest BCUT2D eigenvalue weighted by Gasteiger charge is -2.15. The molecule has 0 amide bonds. The third-order valence-electron chi connectivity index (χ3n) is 1.35. The molecule has 0 saturated carbocycles. The van der Waals surface area contributed by atoms with Gasteiger partial charge in [-0.3, -0.25) is 0 Å². The summed E-state index contributed by atoms with van der Waals surface area (Å²) in [5, 5.41) is 0. The number of hydrogen-bond acceptors (Lipinski definition) is 2. The first kappa shape index (κ1) is 13.0. The summed E-state index contributed by atoms with van der Waals surface area (Å²) in [5.41, 5.74) is 0. The van der Waals surface area contributed by atoms with Crippen LogP contribution >= 0.6 is 11.6 Å². The normalized spacial score (nSPS) is 12.5. The van der Waals surface area contributed by atoms with Gasteiger partial charge in [0.25, 0.3) is 0 Å². The number of likely N-dealkylation sites (N-methyl/N-ethyl adjacent to an activating group) is 1. The Morgan fingerprint density at radius 2 is 1.92 bits per heavy atom. The van der Waals surface area contributed by atoms with Crippen LogP contribution in [-0.2, 0) is 4.74 Å². The molecule has 6 heteroatoms. The van der Waals surface area contributed by atoms with Crippen LogP contribution in [0.15, 0.2) is 0 Å². The third kappa shape index (κ3) is 9.92. The molecule has 13 heavy (non-hydrogen) atoms. The van der Waals surface area contributed by atoms with Gasteiger partial charge in [0.1, 0.15) is 6.61 Å². The van der Waals surface area contributed by atoms with Crippen molar-refractivity contribution in [2.24, 2.45) is 0 Å². The summed E-state index contributed by atoms with van der Waals surface area (Å²) in [6, 6.07) is 0. The standard InChI is InChI=1S/C7H13ClF3NO/c1-12(3-2-8)4-5-13-6-7(9,10)11/h2-6H2,1H3. The lowest BCUT2D eigenvalue weighted by molar-refractivity contribution is -0.174. The molecule has 0 fully saturated rings. The van der Waals surface area contributed by atoms with Crippen LogP contribution in [0.2, 0.25) is 0 Å². The molecule has 0 heterocycles. The largest absolute Gasteiger partial charge is 0.411 e. The van der Waals surface area contributed by atoms with Crippen molar-refractivity contribution in [2.45, 2.75) is 6.18 Å². The Morgan fingerprint density at radius 1 is 1.31 bits per heavy atom. The SMILES string of the molecule is CN(CCCl)CCOCC(F)(F)F. The van der Waals surface area contributed by atoms with E-state index in [1.807, 2.05) is 4.90 Å². The first-order valence-electron chi connectivity index (χ1n) is 3.84. The minimum atomic E-state index is -4.23. The molecule has 0 aliphatic rings. The predicted molar refractivity (Wildman–Crippen MR) is 45.1 cm³/mol. The molecule has 2 nitrogen and oxygen atoms in total. The van der Waals surface area contributed by atoms with Crippen molar-refractivity contribution < 1.29 is 17.9 Å². The Bertz CT molecular complexity index is 131. The topological polar surface area (TPSA) is 12.5 Å². The Balaban J connectivity index is 3.25. The number of hydrogen-bond donors (Lipinski definition) is 0. The highest BCUT2D eigenvalue weighted by Gasteiger charge is 2.27. The molecule has 0 saturated heterocycles. The van der Waals surface area contributed by atoms with Crippen molar-refractivity contribution in [1.82, 2.24) is 4.90 Å². The summed E-state index contributed by atoms with van der Waals surface area (Å²) in [4.78, 5) is 1.81. The summed E-state index contributed by atoms with van der Waals surface area (Å²) in [5.74, 6) is 0.468. The van der Waals surface area contributed by atoms with E-state index in [4.69, 9.17) is 11.6 Å². The molecule has 0 atom stereocenters. The van der Waals surface area contributed by atoms with Gasteiger partial charge in [-0.15, -0.1) is 11.6 Å². The molecule has 0 aromatic carbocycles. The van der Waals surface area contributed by atoms with Crippen LogP contribution in [0.4, 0.5) is 13.2 Å². The minimum Gasteiger partial charge on any atom is -0.371 e. The summed E-state index contributed by atoms with van der Waals surface area (Å²) >= 11 is 5.42. The fraction of sp³-hybridized carbons (Fsp3) is 1.00. The van der Waals surface area contributed by atoms with Crippen LogP contribution in [0.3, 0.4) is 0 Å². The quantitative estimate of drug-likeness (QED) is 0.498. The van der Waals surface area contributed by atoms with Gasteiger partial charge < -0.3 is 9.64 Å². The zero-order chi connectivity index (χ0) is 10.3. The van der Waals surface area contributed by atoms with Crippen LogP contribution in [0, 0.1) is 0 Å². The highest BCUT2D eigenvalue weighted by Crippen LogP contribution is 2.14. The molecule has 0 spiro atoms. The van der Waals surface area contributed by atoms with E-state index in [9.17, 15) is 13.2 Å². The average Bonchev–Trinajstić information content (AvgIpc) is 1.97. The Labute approximate surface area is 80.6 Å². The average molecular weight is 220 g/mol. The van der Waals surface area contributed by atoms with E-state index in [1.165, 1.54) is 0 Å².